The Kier molecular flexibility index (Phi) is 4.04. The molecule has 0 radical (unpaired) electrons. The zero-order valence-corrected chi connectivity index (χ0v) is 15.7. The average molecular weight is 375 g/mol. The minimum Gasteiger partial charge on any atom is -0.454 e. The fourth-order valence-corrected chi connectivity index (χ4v) is 3.87. The molecule has 1 fully saturated rings. The zero-order chi connectivity index (χ0) is 19.1. The van der Waals surface area contributed by atoms with E-state index in [9.17, 15) is 4.79 Å². The highest BCUT2D eigenvalue weighted by Gasteiger charge is 2.25. The second-order valence-corrected chi connectivity index (χ2v) is 7.17. The molecule has 3 aromatic rings. The number of carbonyl (C=O) groups excluding carboxylic acids is 1. The molecule has 6 nitrogen and oxygen atoms in total. The van der Waals surface area contributed by atoms with Crippen LogP contribution in [-0.2, 0) is 0 Å². The van der Waals surface area contributed by atoms with Gasteiger partial charge in [0, 0.05) is 37.1 Å². The molecule has 1 amide bonds. The number of benzene rings is 2. The number of rotatable bonds is 2. The van der Waals surface area contributed by atoms with Gasteiger partial charge in [-0.3, -0.25) is 4.79 Å². The fraction of sp³-hybridized carbons (Fsp3) is 0.273. The highest BCUT2D eigenvalue weighted by molar-refractivity contribution is 5.95. The minimum atomic E-state index is 0.0288. The second kappa shape index (κ2) is 6.71. The number of carbonyl (C=O) groups is 1. The monoisotopic (exact) mass is 375 g/mol. The van der Waals surface area contributed by atoms with Crippen molar-refractivity contribution in [2.75, 3.05) is 37.9 Å². The number of aryl methyl sites for hydroxylation is 1. The Balaban J connectivity index is 1.31. The number of nitrogens with zero attached hydrogens (tertiary/aromatic N) is 3. The molecule has 6 heteroatoms. The number of fused-ring (bicyclic) bond motifs is 2. The van der Waals surface area contributed by atoms with Crippen LogP contribution in [0, 0.1) is 6.92 Å². The molecule has 2 aliphatic heterocycles. The number of para-hydroxylation sites is 1. The van der Waals surface area contributed by atoms with E-state index < -0.39 is 0 Å². The quantitative estimate of drug-likeness (QED) is 0.688. The molecule has 1 aromatic heterocycles. The van der Waals surface area contributed by atoms with Crippen LogP contribution in [0.5, 0.6) is 11.5 Å². The average Bonchev–Trinajstić information content (AvgIpc) is 3.21. The number of piperazine rings is 1. The third kappa shape index (κ3) is 2.91. The van der Waals surface area contributed by atoms with Crippen LogP contribution in [0.15, 0.2) is 48.5 Å². The van der Waals surface area contributed by atoms with Crippen molar-refractivity contribution >= 4 is 22.6 Å². The maximum Gasteiger partial charge on any atom is 0.254 e. The summed E-state index contributed by atoms with van der Waals surface area (Å²) in [4.78, 5) is 21.9. The molecule has 0 bridgehead atoms. The van der Waals surface area contributed by atoms with Crippen LogP contribution in [0.25, 0.3) is 10.9 Å². The Hall–Kier alpha value is -3.28. The van der Waals surface area contributed by atoms with Crippen molar-refractivity contribution in [2.45, 2.75) is 6.92 Å². The number of aromatic nitrogens is 1. The first kappa shape index (κ1) is 16.9. The number of anilines is 1. The van der Waals surface area contributed by atoms with Crippen LogP contribution in [0.1, 0.15) is 15.9 Å². The smallest absolute Gasteiger partial charge is 0.254 e. The SMILES string of the molecule is Cc1cc2ccccc2nc1N1CCN(C(=O)c2ccc3c(c2)OCO3)CC1. The van der Waals surface area contributed by atoms with Gasteiger partial charge in [-0.1, -0.05) is 18.2 Å². The van der Waals surface area contributed by atoms with Crippen molar-refractivity contribution < 1.29 is 14.3 Å². The molecule has 2 aliphatic rings. The Morgan fingerprint density at radius 1 is 0.964 bits per heavy atom. The minimum absolute atomic E-state index is 0.0288. The molecule has 2 aromatic carbocycles. The number of hydrogen-bond acceptors (Lipinski definition) is 5. The van der Waals surface area contributed by atoms with Gasteiger partial charge in [0.15, 0.2) is 11.5 Å². The first-order valence-electron chi connectivity index (χ1n) is 9.49. The maximum atomic E-state index is 12.9. The van der Waals surface area contributed by atoms with Gasteiger partial charge in [0.25, 0.3) is 5.91 Å². The van der Waals surface area contributed by atoms with E-state index in [1.54, 1.807) is 18.2 Å². The molecule has 142 valence electrons. The number of ether oxygens (including phenoxy) is 2. The molecular formula is C22H21N3O3. The molecule has 0 spiro atoms. The maximum absolute atomic E-state index is 12.9. The summed E-state index contributed by atoms with van der Waals surface area (Å²) in [6.45, 7) is 5.18. The van der Waals surface area contributed by atoms with E-state index in [0.29, 0.717) is 30.2 Å². The second-order valence-electron chi connectivity index (χ2n) is 7.17. The van der Waals surface area contributed by atoms with Crippen molar-refractivity contribution in [1.29, 1.82) is 0 Å². The largest absolute Gasteiger partial charge is 0.454 e. The normalized spacial score (nSPS) is 15.9. The lowest BCUT2D eigenvalue weighted by molar-refractivity contribution is 0.0746. The van der Waals surface area contributed by atoms with Gasteiger partial charge in [-0.15, -0.1) is 0 Å². The Morgan fingerprint density at radius 3 is 2.61 bits per heavy atom. The van der Waals surface area contributed by atoms with Gasteiger partial charge >= 0.3 is 0 Å². The van der Waals surface area contributed by atoms with Crippen molar-refractivity contribution in [3.8, 4) is 11.5 Å². The predicted molar refractivity (Wildman–Crippen MR) is 107 cm³/mol. The van der Waals surface area contributed by atoms with Crippen molar-refractivity contribution in [2.24, 2.45) is 0 Å². The van der Waals surface area contributed by atoms with E-state index in [1.807, 2.05) is 23.1 Å². The molecule has 1 saturated heterocycles. The summed E-state index contributed by atoms with van der Waals surface area (Å²) in [5.41, 5.74) is 2.80. The van der Waals surface area contributed by atoms with Crippen LogP contribution in [0.2, 0.25) is 0 Å². The summed E-state index contributed by atoms with van der Waals surface area (Å²) >= 11 is 0. The Bertz CT molecular complexity index is 1060. The first-order valence-corrected chi connectivity index (χ1v) is 9.49. The van der Waals surface area contributed by atoms with Crippen LogP contribution in [-0.4, -0.2) is 48.8 Å². The van der Waals surface area contributed by atoms with E-state index in [-0.39, 0.29) is 12.7 Å². The topological polar surface area (TPSA) is 54.9 Å². The summed E-state index contributed by atoms with van der Waals surface area (Å²) in [7, 11) is 0. The summed E-state index contributed by atoms with van der Waals surface area (Å²) in [6, 6.07) is 15.7. The summed E-state index contributed by atoms with van der Waals surface area (Å²) in [6.07, 6.45) is 0. The van der Waals surface area contributed by atoms with E-state index in [1.165, 1.54) is 0 Å². The molecule has 0 atom stereocenters. The molecule has 28 heavy (non-hydrogen) atoms. The standard InChI is InChI=1S/C22H21N3O3/c1-15-12-16-4-2-3-5-18(16)23-21(15)24-8-10-25(11-9-24)22(26)17-6-7-19-20(13-17)28-14-27-19/h2-7,12-13H,8-11,14H2,1H3. The van der Waals surface area contributed by atoms with E-state index in [2.05, 4.69) is 24.0 Å². The highest BCUT2D eigenvalue weighted by Crippen LogP contribution is 2.33. The van der Waals surface area contributed by atoms with E-state index >= 15 is 0 Å². The van der Waals surface area contributed by atoms with E-state index in [4.69, 9.17) is 14.5 Å². The summed E-state index contributed by atoms with van der Waals surface area (Å²) in [5, 5.41) is 1.15. The van der Waals surface area contributed by atoms with Crippen LogP contribution < -0.4 is 14.4 Å². The van der Waals surface area contributed by atoms with Gasteiger partial charge in [0.2, 0.25) is 6.79 Å². The summed E-state index contributed by atoms with van der Waals surface area (Å²) < 4.78 is 10.7. The summed E-state index contributed by atoms with van der Waals surface area (Å²) in [5.74, 6) is 2.37. The van der Waals surface area contributed by atoms with Gasteiger partial charge in [-0.25, -0.2) is 4.98 Å². The third-order valence-electron chi connectivity index (χ3n) is 5.37. The Morgan fingerprint density at radius 2 is 1.75 bits per heavy atom. The predicted octanol–water partition coefficient (Wildman–Crippen LogP) is 3.23. The van der Waals surface area contributed by atoms with Crippen LogP contribution in [0.3, 0.4) is 0 Å². The number of hydrogen-bond donors (Lipinski definition) is 0. The van der Waals surface area contributed by atoms with Crippen molar-refractivity contribution in [3.63, 3.8) is 0 Å². The van der Waals surface area contributed by atoms with Gasteiger partial charge in [0.05, 0.1) is 5.52 Å². The van der Waals surface area contributed by atoms with Gasteiger partial charge in [0.1, 0.15) is 5.82 Å². The van der Waals surface area contributed by atoms with Crippen molar-refractivity contribution in [3.05, 3.63) is 59.7 Å². The number of pyridine rings is 1. The molecule has 5 rings (SSSR count). The lowest BCUT2D eigenvalue weighted by atomic mass is 10.1. The lowest BCUT2D eigenvalue weighted by Crippen LogP contribution is -2.49. The molecule has 0 N–H and O–H groups in total. The fourth-order valence-electron chi connectivity index (χ4n) is 3.87. The third-order valence-corrected chi connectivity index (χ3v) is 5.37. The highest BCUT2D eigenvalue weighted by atomic mass is 16.7. The number of amides is 1. The molecule has 0 unspecified atom stereocenters. The Labute approximate surface area is 163 Å². The zero-order valence-electron chi connectivity index (χ0n) is 15.7. The van der Waals surface area contributed by atoms with Gasteiger partial charge in [-0.05, 0) is 42.8 Å². The molecule has 3 heterocycles. The van der Waals surface area contributed by atoms with Crippen LogP contribution in [0.4, 0.5) is 5.82 Å². The van der Waals surface area contributed by atoms with Gasteiger partial charge in [-0.2, -0.15) is 0 Å². The molecular weight excluding hydrogens is 354 g/mol. The van der Waals surface area contributed by atoms with Crippen molar-refractivity contribution in [1.82, 2.24) is 9.88 Å². The van der Waals surface area contributed by atoms with Gasteiger partial charge < -0.3 is 19.3 Å². The van der Waals surface area contributed by atoms with Crippen LogP contribution >= 0.6 is 0 Å². The van der Waals surface area contributed by atoms with E-state index in [0.717, 1.165) is 35.4 Å². The first-order chi connectivity index (χ1) is 13.7. The molecule has 0 aliphatic carbocycles. The lowest BCUT2D eigenvalue weighted by Gasteiger charge is -2.36. The molecule has 0 saturated carbocycles.